The van der Waals surface area contributed by atoms with E-state index in [0.29, 0.717) is 32.1 Å². The van der Waals surface area contributed by atoms with Crippen molar-refractivity contribution in [2.45, 2.75) is 0 Å². The van der Waals surface area contributed by atoms with Gasteiger partial charge in [-0.2, -0.15) is 5.10 Å². The molecule has 32 heavy (non-hydrogen) atoms. The number of benzene rings is 3. The van der Waals surface area contributed by atoms with Gasteiger partial charge in [0.15, 0.2) is 6.61 Å². The topological polar surface area (TPSA) is 79.8 Å². The molecule has 0 aliphatic heterocycles. The summed E-state index contributed by atoms with van der Waals surface area (Å²) < 4.78 is 5.46. The lowest BCUT2D eigenvalue weighted by molar-refractivity contribution is -0.118. The summed E-state index contributed by atoms with van der Waals surface area (Å²) in [5.74, 6) is -0.322. The first-order chi connectivity index (χ1) is 15.3. The van der Waals surface area contributed by atoms with Crippen molar-refractivity contribution in [3.8, 4) is 5.75 Å². The van der Waals surface area contributed by atoms with Gasteiger partial charge in [-0.05, 0) is 66.2 Å². The summed E-state index contributed by atoms with van der Waals surface area (Å²) in [6.45, 7) is -0.189. The molecule has 6 nitrogen and oxygen atoms in total. The van der Waals surface area contributed by atoms with E-state index in [1.54, 1.807) is 48.5 Å². The minimum absolute atomic E-state index is 0.189. The molecule has 0 spiro atoms. The van der Waals surface area contributed by atoms with Crippen LogP contribution in [0.3, 0.4) is 0 Å². The maximum atomic E-state index is 12.1. The number of hydrogen-bond acceptors (Lipinski definition) is 4. The summed E-state index contributed by atoms with van der Waals surface area (Å²) in [6, 6.07) is 16.1. The van der Waals surface area contributed by atoms with E-state index in [1.165, 1.54) is 18.3 Å². The Balaban J connectivity index is 1.48. The van der Waals surface area contributed by atoms with Crippen molar-refractivity contribution in [2.24, 2.45) is 5.10 Å². The van der Waals surface area contributed by atoms with Crippen molar-refractivity contribution >= 4 is 70.1 Å². The van der Waals surface area contributed by atoms with E-state index >= 15 is 0 Å². The molecule has 164 valence electrons. The monoisotopic (exact) mass is 509 g/mol. The van der Waals surface area contributed by atoms with Gasteiger partial charge in [-0.3, -0.25) is 9.59 Å². The number of anilines is 1. The van der Waals surface area contributed by atoms with Crippen LogP contribution in [0, 0.1) is 0 Å². The molecule has 0 fully saturated rings. The van der Waals surface area contributed by atoms with Crippen LogP contribution in [0.15, 0.2) is 65.8 Å². The summed E-state index contributed by atoms with van der Waals surface area (Å²) in [4.78, 5) is 24.1. The number of rotatable bonds is 7. The lowest BCUT2D eigenvalue weighted by Crippen LogP contribution is -2.20. The zero-order valence-electron chi connectivity index (χ0n) is 16.2. The first kappa shape index (κ1) is 23.9. The number of hydrazone groups is 1. The molecule has 0 saturated heterocycles. The molecule has 0 aliphatic carbocycles. The molecule has 0 atom stereocenters. The maximum absolute atomic E-state index is 12.1. The van der Waals surface area contributed by atoms with Gasteiger partial charge < -0.3 is 10.1 Å². The molecule has 0 unspecified atom stereocenters. The van der Waals surface area contributed by atoms with E-state index in [2.05, 4.69) is 15.8 Å². The molecule has 3 rings (SSSR count). The van der Waals surface area contributed by atoms with Crippen LogP contribution in [0.2, 0.25) is 20.1 Å². The molecule has 0 aromatic heterocycles. The zero-order valence-corrected chi connectivity index (χ0v) is 19.3. The average Bonchev–Trinajstić information content (AvgIpc) is 2.75. The normalized spacial score (nSPS) is 10.8. The van der Waals surface area contributed by atoms with Crippen LogP contribution in [0.25, 0.3) is 0 Å². The number of carbonyl (C=O) groups is 2. The van der Waals surface area contributed by atoms with E-state index < -0.39 is 5.91 Å². The molecule has 10 heteroatoms. The third-order valence-electron chi connectivity index (χ3n) is 4.01. The maximum Gasteiger partial charge on any atom is 0.272 e. The van der Waals surface area contributed by atoms with Crippen LogP contribution < -0.4 is 15.5 Å². The summed E-state index contributed by atoms with van der Waals surface area (Å²) in [7, 11) is 0. The van der Waals surface area contributed by atoms with Gasteiger partial charge in [0.05, 0.1) is 26.8 Å². The van der Waals surface area contributed by atoms with Crippen molar-refractivity contribution in [3.05, 3.63) is 91.9 Å². The fourth-order valence-electron chi connectivity index (χ4n) is 2.47. The highest BCUT2D eigenvalue weighted by molar-refractivity contribution is 6.42. The predicted molar refractivity (Wildman–Crippen MR) is 129 cm³/mol. The minimum atomic E-state index is -0.462. The van der Waals surface area contributed by atoms with Crippen LogP contribution in [-0.4, -0.2) is 24.6 Å². The standard InChI is InChI=1S/C22H15Cl4N3O3/c23-14-3-7-17(19(25)9-14)22(31)29-27-11-13-1-5-16(6-2-13)32-12-21(30)28-15-4-8-18(24)20(26)10-15/h1-11H,12H2,(H,28,30)(H,29,31)/b27-11-. The molecule has 0 radical (unpaired) electrons. The van der Waals surface area contributed by atoms with Gasteiger partial charge in [0.2, 0.25) is 0 Å². The number of ether oxygens (including phenoxy) is 1. The molecule has 0 heterocycles. The molecule has 2 amide bonds. The molecule has 0 aliphatic rings. The smallest absolute Gasteiger partial charge is 0.272 e. The Kier molecular flexibility index (Phi) is 8.36. The summed E-state index contributed by atoms with van der Waals surface area (Å²) in [5.41, 5.74) is 3.88. The van der Waals surface area contributed by atoms with Crippen molar-refractivity contribution < 1.29 is 14.3 Å². The number of nitrogens with zero attached hydrogens (tertiary/aromatic N) is 1. The number of amides is 2. The zero-order chi connectivity index (χ0) is 23.1. The Labute approximate surface area is 204 Å². The molecule has 0 bridgehead atoms. The molecular weight excluding hydrogens is 496 g/mol. The second-order valence-electron chi connectivity index (χ2n) is 6.36. The fourth-order valence-corrected chi connectivity index (χ4v) is 3.26. The molecule has 2 N–H and O–H groups in total. The van der Waals surface area contributed by atoms with Crippen molar-refractivity contribution in [1.29, 1.82) is 0 Å². The Morgan fingerprint density at radius 3 is 2.31 bits per heavy atom. The largest absolute Gasteiger partial charge is 0.484 e. The highest BCUT2D eigenvalue weighted by atomic mass is 35.5. The Morgan fingerprint density at radius 2 is 1.62 bits per heavy atom. The van der Waals surface area contributed by atoms with Gasteiger partial charge in [0.1, 0.15) is 5.75 Å². The SMILES string of the molecule is O=C(COc1ccc(/C=N\NC(=O)c2ccc(Cl)cc2Cl)cc1)Nc1ccc(Cl)c(Cl)c1. The van der Waals surface area contributed by atoms with Gasteiger partial charge >= 0.3 is 0 Å². The van der Waals surface area contributed by atoms with Gasteiger partial charge in [-0.1, -0.05) is 46.4 Å². The van der Waals surface area contributed by atoms with Crippen LogP contribution in [0.5, 0.6) is 5.75 Å². The number of nitrogens with one attached hydrogen (secondary N) is 2. The van der Waals surface area contributed by atoms with Crippen LogP contribution in [-0.2, 0) is 4.79 Å². The lowest BCUT2D eigenvalue weighted by atomic mass is 10.2. The molecule has 0 saturated carbocycles. The fraction of sp³-hybridized carbons (Fsp3) is 0.0455. The first-order valence-electron chi connectivity index (χ1n) is 9.08. The highest BCUT2D eigenvalue weighted by Gasteiger charge is 2.09. The van der Waals surface area contributed by atoms with Gasteiger partial charge in [-0.15, -0.1) is 0 Å². The van der Waals surface area contributed by atoms with E-state index in [1.807, 2.05) is 0 Å². The second-order valence-corrected chi connectivity index (χ2v) is 8.02. The predicted octanol–water partition coefficient (Wildman–Crippen LogP) is 6.08. The van der Waals surface area contributed by atoms with Crippen molar-refractivity contribution in [1.82, 2.24) is 5.43 Å². The number of halogens is 4. The molecular formula is C22H15Cl4N3O3. The summed E-state index contributed by atoms with van der Waals surface area (Å²) >= 11 is 23.6. The highest BCUT2D eigenvalue weighted by Crippen LogP contribution is 2.25. The van der Waals surface area contributed by atoms with Gasteiger partial charge in [0.25, 0.3) is 11.8 Å². The number of hydrogen-bond donors (Lipinski definition) is 2. The van der Waals surface area contributed by atoms with E-state index in [9.17, 15) is 9.59 Å². The van der Waals surface area contributed by atoms with E-state index in [4.69, 9.17) is 51.1 Å². The van der Waals surface area contributed by atoms with Gasteiger partial charge in [0, 0.05) is 10.7 Å². The van der Waals surface area contributed by atoms with Crippen molar-refractivity contribution in [3.63, 3.8) is 0 Å². The van der Waals surface area contributed by atoms with Crippen LogP contribution in [0.4, 0.5) is 5.69 Å². The lowest BCUT2D eigenvalue weighted by Gasteiger charge is -2.08. The Hall–Kier alpha value is -2.77. The Bertz CT molecular complexity index is 1170. The third-order valence-corrected chi connectivity index (χ3v) is 5.30. The summed E-state index contributed by atoms with van der Waals surface area (Å²) in [5, 5.41) is 7.98. The quantitative estimate of drug-likeness (QED) is 0.298. The van der Waals surface area contributed by atoms with Crippen LogP contribution in [0.1, 0.15) is 15.9 Å². The molecule has 3 aromatic carbocycles. The first-order valence-corrected chi connectivity index (χ1v) is 10.6. The van der Waals surface area contributed by atoms with Gasteiger partial charge in [-0.25, -0.2) is 5.43 Å². The van der Waals surface area contributed by atoms with E-state index in [-0.39, 0.29) is 23.1 Å². The average molecular weight is 511 g/mol. The third kappa shape index (κ3) is 6.87. The molecule has 3 aromatic rings. The van der Waals surface area contributed by atoms with Crippen LogP contribution >= 0.6 is 46.4 Å². The Morgan fingerprint density at radius 1 is 0.875 bits per heavy atom. The van der Waals surface area contributed by atoms with Crippen molar-refractivity contribution in [2.75, 3.05) is 11.9 Å². The second kappa shape index (κ2) is 11.2. The summed E-state index contributed by atoms with van der Waals surface area (Å²) in [6.07, 6.45) is 1.46. The van der Waals surface area contributed by atoms with E-state index in [0.717, 1.165) is 0 Å². The minimum Gasteiger partial charge on any atom is -0.484 e. The number of carbonyl (C=O) groups excluding carboxylic acids is 2.